The van der Waals surface area contributed by atoms with Gasteiger partial charge in [-0.15, -0.1) is 10.2 Å². The Morgan fingerprint density at radius 1 is 0.944 bits per heavy atom. The lowest BCUT2D eigenvalue weighted by molar-refractivity contribution is -0.137. The van der Waals surface area contributed by atoms with Crippen molar-refractivity contribution in [1.82, 2.24) is 15.1 Å². The minimum Gasteiger partial charge on any atom is -0.493 e. The predicted octanol–water partition coefficient (Wildman–Crippen LogP) is 5.19. The Bertz CT molecular complexity index is 1230. The summed E-state index contributed by atoms with van der Waals surface area (Å²) in [6.07, 6.45) is -4.54. The fourth-order valence-corrected chi connectivity index (χ4v) is 3.94. The molecule has 2 heterocycles. The molecule has 0 unspecified atom stereocenters. The van der Waals surface area contributed by atoms with Crippen molar-refractivity contribution in [3.8, 4) is 22.8 Å². The standard InChI is InChI=1S/C24H23ClF3N5O3/c1-35-20-7-3-15(13-21(20)36-2)18-6-8-22(31-30-18)32-9-11-33(12-10-32)23(34)29-19-14-16(24(26,27)28)4-5-17(19)25/h3-8,13-14H,9-12H2,1-2H3,(H,29,34). The van der Waals surface area contributed by atoms with Crippen LogP contribution in [0.1, 0.15) is 5.56 Å². The van der Waals surface area contributed by atoms with Gasteiger partial charge in [0.2, 0.25) is 0 Å². The predicted molar refractivity (Wildman–Crippen MR) is 130 cm³/mol. The molecule has 0 atom stereocenters. The Morgan fingerprint density at radius 3 is 2.28 bits per heavy atom. The lowest BCUT2D eigenvalue weighted by Crippen LogP contribution is -2.50. The number of nitrogens with one attached hydrogen (secondary N) is 1. The van der Waals surface area contributed by atoms with Crippen molar-refractivity contribution in [1.29, 1.82) is 0 Å². The molecule has 0 radical (unpaired) electrons. The maximum atomic E-state index is 13.0. The van der Waals surface area contributed by atoms with E-state index in [-0.39, 0.29) is 10.7 Å². The van der Waals surface area contributed by atoms with Crippen LogP contribution >= 0.6 is 11.6 Å². The lowest BCUT2D eigenvalue weighted by atomic mass is 10.1. The van der Waals surface area contributed by atoms with Crippen LogP contribution in [0.5, 0.6) is 11.5 Å². The number of benzene rings is 2. The molecule has 1 aliphatic heterocycles. The fourth-order valence-electron chi connectivity index (χ4n) is 3.77. The quantitative estimate of drug-likeness (QED) is 0.498. The van der Waals surface area contributed by atoms with Gasteiger partial charge in [-0.05, 0) is 48.5 Å². The summed E-state index contributed by atoms with van der Waals surface area (Å²) in [5, 5.41) is 11.1. The Balaban J connectivity index is 1.37. The van der Waals surface area contributed by atoms with Crippen molar-refractivity contribution in [2.45, 2.75) is 6.18 Å². The molecule has 1 aliphatic rings. The Morgan fingerprint density at radius 2 is 1.67 bits per heavy atom. The molecular weight excluding hydrogens is 499 g/mol. The highest BCUT2D eigenvalue weighted by atomic mass is 35.5. The van der Waals surface area contributed by atoms with E-state index in [4.69, 9.17) is 21.1 Å². The summed E-state index contributed by atoms with van der Waals surface area (Å²) in [5.74, 6) is 1.85. The van der Waals surface area contributed by atoms with Gasteiger partial charge in [0.15, 0.2) is 17.3 Å². The summed E-state index contributed by atoms with van der Waals surface area (Å²) >= 11 is 5.98. The van der Waals surface area contributed by atoms with E-state index in [1.54, 1.807) is 20.3 Å². The van der Waals surface area contributed by atoms with Crippen molar-refractivity contribution in [3.63, 3.8) is 0 Å². The number of rotatable bonds is 5. The zero-order valence-corrected chi connectivity index (χ0v) is 20.2. The van der Waals surface area contributed by atoms with Crippen LogP contribution in [0.2, 0.25) is 5.02 Å². The largest absolute Gasteiger partial charge is 0.493 e. The molecule has 1 aromatic heterocycles. The van der Waals surface area contributed by atoms with Gasteiger partial charge in [0.25, 0.3) is 0 Å². The first-order chi connectivity index (χ1) is 17.2. The lowest BCUT2D eigenvalue weighted by Gasteiger charge is -2.35. The number of hydrogen-bond acceptors (Lipinski definition) is 6. The summed E-state index contributed by atoms with van der Waals surface area (Å²) in [5.41, 5.74) is 0.509. The van der Waals surface area contributed by atoms with Gasteiger partial charge in [0.05, 0.1) is 36.2 Å². The summed E-state index contributed by atoms with van der Waals surface area (Å²) in [7, 11) is 3.13. The van der Waals surface area contributed by atoms with E-state index in [1.807, 2.05) is 29.2 Å². The van der Waals surface area contributed by atoms with Crippen molar-refractivity contribution >= 4 is 29.1 Å². The average molecular weight is 522 g/mol. The topological polar surface area (TPSA) is 79.8 Å². The third-order valence-electron chi connectivity index (χ3n) is 5.76. The summed E-state index contributed by atoms with van der Waals surface area (Å²) in [4.78, 5) is 16.1. The second kappa shape index (κ2) is 10.5. The number of urea groups is 1. The molecule has 2 amide bonds. The van der Waals surface area contributed by atoms with Crippen LogP contribution in [0, 0.1) is 0 Å². The number of nitrogens with zero attached hydrogens (tertiary/aromatic N) is 4. The first-order valence-electron chi connectivity index (χ1n) is 10.9. The molecule has 4 rings (SSSR count). The zero-order chi connectivity index (χ0) is 25.9. The fraction of sp³-hybridized carbons (Fsp3) is 0.292. The van der Waals surface area contributed by atoms with E-state index in [1.165, 1.54) is 4.90 Å². The molecule has 0 bridgehead atoms. The number of hydrogen-bond donors (Lipinski definition) is 1. The van der Waals surface area contributed by atoms with Crippen LogP contribution in [0.15, 0.2) is 48.5 Å². The van der Waals surface area contributed by atoms with E-state index in [0.29, 0.717) is 49.2 Å². The highest BCUT2D eigenvalue weighted by Gasteiger charge is 2.31. The minimum atomic E-state index is -4.54. The van der Waals surface area contributed by atoms with Gasteiger partial charge in [-0.25, -0.2) is 4.79 Å². The number of carbonyl (C=O) groups excluding carboxylic acids is 1. The van der Waals surface area contributed by atoms with E-state index in [0.717, 1.165) is 23.8 Å². The number of methoxy groups -OCH3 is 2. The molecule has 2 aromatic carbocycles. The van der Waals surface area contributed by atoms with Gasteiger partial charge < -0.3 is 24.6 Å². The van der Waals surface area contributed by atoms with Gasteiger partial charge in [-0.1, -0.05) is 11.6 Å². The smallest absolute Gasteiger partial charge is 0.416 e. The monoisotopic (exact) mass is 521 g/mol. The third kappa shape index (κ3) is 5.56. The Kier molecular flexibility index (Phi) is 7.39. The number of carbonyl (C=O) groups is 1. The van der Waals surface area contributed by atoms with Gasteiger partial charge in [-0.3, -0.25) is 0 Å². The number of alkyl halides is 3. The summed E-state index contributed by atoms with van der Waals surface area (Å²) < 4.78 is 49.6. The highest BCUT2D eigenvalue weighted by molar-refractivity contribution is 6.33. The molecule has 190 valence electrons. The van der Waals surface area contributed by atoms with Gasteiger partial charge in [0, 0.05) is 31.7 Å². The molecule has 0 spiro atoms. The van der Waals surface area contributed by atoms with Crippen LogP contribution in [-0.4, -0.2) is 61.5 Å². The molecule has 0 aliphatic carbocycles. The second-order valence-electron chi connectivity index (χ2n) is 7.94. The molecule has 0 saturated carbocycles. The highest BCUT2D eigenvalue weighted by Crippen LogP contribution is 2.34. The van der Waals surface area contributed by atoms with E-state index in [2.05, 4.69) is 15.5 Å². The molecule has 1 fully saturated rings. The Labute approximate surface area is 210 Å². The molecule has 36 heavy (non-hydrogen) atoms. The average Bonchev–Trinajstić information content (AvgIpc) is 2.89. The second-order valence-corrected chi connectivity index (χ2v) is 8.35. The molecule has 1 saturated heterocycles. The van der Waals surface area contributed by atoms with E-state index in [9.17, 15) is 18.0 Å². The van der Waals surface area contributed by atoms with Crippen LogP contribution < -0.4 is 19.7 Å². The van der Waals surface area contributed by atoms with Gasteiger partial charge >= 0.3 is 12.2 Å². The number of aromatic nitrogens is 2. The summed E-state index contributed by atoms with van der Waals surface area (Å²) in [6.45, 7) is 1.66. The van der Waals surface area contributed by atoms with Crippen LogP contribution in [0.3, 0.4) is 0 Å². The zero-order valence-electron chi connectivity index (χ0n) is 19.5. The number of amides is 2. The molecular formula is C24H23ClF3N5O3. The normalized spacial score (nSPS) is 13.9. The maximum Gasteiger partial charge on any atom is 0.416 e. The number of ether oxygens (including phenoxy) is 2. The number of anilines is 2. The molecule has 1 N–H and O–H groups in total. The SMILES string of the molecule is COc1ccc(-c2ccc(N3CCN(C(=O)Nc4cc(C(F)(F)F)ccc4Cl)CC3)nn2)cc1OC. The number of piperazine rings is 1. The molecule has 12 heteroatoms. The van der Waals surface area contributed by atoms with Gasteiger partial charge in [0.1, 0.15) is 0 Å². The van der Waals surface area contributed by atoms with Crippen molar-refractivity contribution in [2.75, 3.05) is 50.6 Å². The first kappa shape index (κ1) is 25.4. The number of halogens is 4. The van der Waals surface area contributed by atoms with Crippen LogP contribution in [-0.2, 0) is 6.18 Å². The van der Waals surface area contributed by atoms with Crippen LogP contribution in [0.4, 0.5) is 29.5 Å². The van der Waals surface area contributed by atoms with E-state index < -0.39 is 17.8 Å². The minimum absolute atomic E-state index is 0.0276. The molecule has 8 nitrogen and oxygen atoms in total. The maximum absolute atomic E-state index is 13.0. The van der Waals surface area contributed by atoms with Crippen molar-refractivity contribution in [3.05, 3.63) is 59.1 Å². The van der Waals surface area contributed by atoms with E-state index >= 15 is 0 Å². The van der Waals surface area contributed by atoms with Crippen molar-refractivity contribution in [2.24, 2.45) is 0 Å². The van der Waals surface area contributed by atoms with Crippen molar-refractivity contribution < 1.29 is 27.4 Å². The van der Waals surface area contributed by atoms with Gasteiger partial charge in [-0.2, -0.15) is 13.2 Å². The third-order valence-corrected chi connectivity index (χ3v) is 6.09. The summed E-state index contributed by atoms with van der Waals surface area (Å²) in [6, 6.07) is 11.4. The Hall–Kier alpha value is -3.73. The molecule has 3 aromatic rings. The van der Waals surface area contributed by atoms with Crippen LogP contribution in [0.25, 0.3) is 11.3 Å². The first-order valence-corrected chi connectivity index (χ1v) is 11.3.